The smallest absolute Gasteiger partial charge is 0.313 e. The first-order valence-corrected chi connectivity index (χ1v) is 7.60. The predicted octanol–water partition coefficient (Wildman–Crippen LogP) is 2.88. The summed E-state index contributed by atoms with van der Waals surface area (Å²) in [7, 11) is 0. The van der Waals surface area contributed by atoms with Gasteiger partial charge in [-0.1, -0.05) is 0 Å². The van der Waals surface area contributed by atoms with Crippen molar-refractivity contribution in [2.24, 2.45) is 0 Å². The van der Waals surface area contributed by atoms with Gasteiger partial charge in [-0.2, -0.15) is 5.26 Å². The lowest BCUT2D eigenvalue weighted by molar-refractivity contribution is -0.136. The highest BCUT2D eigenvalue weighted by molar-refractivity contribution is 7.12. The molecule has 2 amide bonds. The molecule has 7 heteroatoms. The minimum atomic E-state index is -0.874. The zero-order chi connectivity index (χ0) is 17.0. The van der Waals surface area contributed by atoms with Gasteiger partial charge in [0.1, 0.15) is 11.9 Å². The number of nitriles is 1. The molecule has 0 fully saturated rings. The molecule has 1 heterocycles. The number of nitrogens with one attached hydrogen (secondary N) is 2. The number of hydrogen-bond acceptors (Lipinski definition) is 4. The number of carbonyl (C=O) groups excluding carboxylic acids is 2. The number of amides is 2. The lowest BCUT2D eigenvalue weighted by Gasteiger charge is -2.12. The fraction of sp³-hybridized carbons (Fsp3) is 0.188. The van der Waals surface area contributed by atoms with E-state index in [4.69, 9.17) is 5.26 Å². The van der Waals surface area contributed by atoms with Crippen LogP contribution >= 0.6 is 11.3 Å². The highest BCUT2D eigenvalue weighted by atomic mass is 32.1. The third-order valence-electron chi connectivity index (χ3n) is 3.09. The van der Waals surface area contributed by atoms with E-state index < -0.39 is 17.6 Å². The Hall–Kier alpha value is -2.72. The first-order valence-electron chi connectivity index (χ1n) is 6.78. The Morgan fingerprint density at radius 1 is 1.26 bits per heavy atom. The molecule has 0 aliphatic heterocycles. The Labute approximate surface area is 136 Å². The molecule has 0 unspecified atom stereocenters. The van der Waals surface area contributed by atoms with Gasteiger partial charge in [0.2, 0.25) is 0 Å². The van der Waals surface area contributed by atoms with E-state index in [2.05, 4.69) is 10.6 Å². The molecule has 1 aromatic heterocycles. The summed E-state index contributed by atoms with van der Waals surface area (Å²) >= 11 is 1.54. The molecular weight excluding hydrogens is 317 g/mol. The quantitative estimate of drug-likeness (QED) is 0.849. The first kappa shape index (κ1) is 16.6. The summed E-state index contributed by atoms with van der Waals surface area (Å²) in [5, 5.41) is 13.7. The van der Waals surface area contributed by atoms with E-state index in [0.29, 0.717) is 0 Å². The van der Waals surface area contributed by atoms with Crippen LogP contribution in [0.25, 0.3) is 0 Å². The molecular formula is C16H14FN3O2S. The van der Waals surface area contributed by atoms with Crippen molar-refractivity contribution in [2.45, 2.75) is 19.9 Å². The molecule has 2 aromatic rings. The van der Waals surface area contributed by atoms with Crippen LogP contribution in [0.3, 0.4) is 0 Å². The summed E-state index contributed by atoms with van der Waals surface area (Å²) in [6, 6.07) is 8.72. The maximum atomic E-state index is 13.2. The Morgan fingerprint density at radius 3 is 2.61 bits per heavy atom. The van der Waals surface area contributed by atoms with Crippen molar-refractivity contribution in [3.05, 3.63) is 51.5 Å². The van der Waals surface area contributed by atoms with Gasteiger partial charge in [-0.05, 0) is 44.2 Å². The van der Waals surface area contributed by atoms with Gasteiger partial charge >= 0.3 is 11.8 Å². The van der Waals surface area contributed by atoms with Gasteiger partial charge in [0.05, 0.1) is 11.6 Å². The standard InChI is InChI=1S/C16H14FN3O2S/c1-9-3-6-14(23-9)10(2)19-15(21)16(22)20-12-4-5-13(17)11(7-12)8-18/h3-7,10H,1-2H3,(H,19,21)(H,20,22)/t10-/m0/s1. The van der Waals surface area contributed by atoms with Crippen molar-refractivity contribution in [1.82, 2.24) is 5.32 Å². The van der Waals surface area contributed by atoms with Gasteiger partial charge in [-0.15, -0.1) is 11.3 Å². The second kappa shape index (κ2) is 7.03. The number of thiophene rings is 1. The summed E-state index contributed by atoms with van der Waals surface area (Å²) in [5.74, 6) is -2.36. The highest BCUT2D eigenvalue weighted by Crippen LogP contribution is 2.22. The monoisotopic (exact) mass is 331 g/mol. The second-order valence-electron chi connectivity index (χ2n) is 4.90. The van der Waals surface area contributed by atoms with Crippen LogP contribution in [0.5, 0.6) is 0 Å². The molecule has 5 nitrogen and oxygen atoms in total. The lowest BCUT2D eigenvalue weighted by Crippen LogP contribution is -2.36. The minimum Gasteiger partial charge on any atom is -0.340 e. The molecule has 0 aliphatic carbocycles. The summed E-state index contributed by atoms with van der Waals surface area (Å²) in [4.78, 5) is 25.8. The SMILES string of the molecule is Cc1ccc([C@H](C)NC(=O)C(=O)Nc2ccc(F)c(C#N)c2)s1. The number of hydrogen-bond donors (Lipinski definition) is 2. The molecule has 2 rings (SSSR count). The van der Waals surface area contributed by atoms with Crippen molar-refractivity contribution in [3.63, 3.8) is 0 Å². The number of nitrogens with zero attached hydrogens (tertiary/aromatic N) is 1. The number of carbonyl (C=O) groups is 2. The minimum absolute atomic E-state index is 0.183. The van der Waals surface area contributed by atoms with Crippen LogP contribution in [0.2, 0.25) is 0 Å². The van der Waals surface area contributed by atoms with E-state index in [1.807, 2.05) is 19.1 Å². The molecule has 0 bridgehead atoms. The summed E-state index contributed by atoms with van der Waals surface area (Å²) in [6.07, 6.45) is 0. The fourth-order valence-electron chi connectivity index (χ4n) is 1.90. The van der Waals surface area contributed by atoms with Crippen molar-refractivity contribution in [2.75, 3.05) is 5.32 Å². The van der Waals surface area contributed by atoms with Crippen LogP contribution in [0, 0.1) is 24.1 Å². The molecule has 0 saturated heterocycles. The molecule has 1 atom stereocenters. The van der Waals surface area contributed by atoms with Crippen LogP contribution in [-0.2, 0) is 9.59 Å². The lowest BCUT2D eigenvalue weighted by atomic mass is 10.2. The van der Waals surface area contributed by atoms with E-state index in [-0.39, 0.29) is 17.3 Å². The number of aryl methyl sites for hydroxylation is 1. The molecule has 0 aliphatic rings. The second-order valence-corrected chi connectivity index (χ2v) is 6.22. The van der Waals surface area contributed by atoms with E-state index >= 15 is 0 Å². The first-order chi connectivity index (χ1) is 10.9. The average Bonchev–Trinajstić information content (AvgIpc) is 2.95. The summed E-state index contributed by atoms with van der Waals surface area (Å²) in [5.41, 5.74) is -0.0200. The van der Waals surface area contributed by atoms with Crippen LogP contribution < -0.4 is 10.6 Å². The molecule has 2 N–H and O–H groups in total. The van der Waals surface area contributed by atoms with Gasteiger partial charge in [-0.25, -0.2) is 4.39 Å². The van der Waals surface area contributed by atoms with E-state index in [1.54, 1.807) is 13.0 Å². The van der Waals surface area contributed by atoms with E-state index in [1.165, 1.54) is 23.5 Å². The zero-order valence-corrected chi connectivity index (χ0v) is 13.3. The fourth-order valence-corrected chi connectivity index (χ4v) is 2.78. The summed E-state index contributed by atoms with van der Waals surface area (Å²) < 4.78 is 13.2. The van der Waals surface area contributed by atoms with Crippen LogP contribution in [0.15, 0.2) is 30.3 Å². The third kappa shape index (κ3) is 4.14. The molecule has 118 valence electrons. The van der Waals surface area contributed by atoms with Crippen LogP contribution in [-0.4, -0.2) is 11.8 Å². The van der Waals surface area contributed by atoms with Gasteiger partial charge < -0.3 is 10.6 Å². The molecule has 1 aromatic carbocycles. The maximum absolute atomic E-state index is 13.2. The Bertz CT molecular complexity index is 795. The van der Waals surface area contributed by atoms with Crippen LogP contribution in [0.1, 0.15) is 28.3 Å². The number of halogens is 1. The molecule has 0 spiro atoms. The van der Waals surface area contributed by atoms with Gasteiger partial charge in [0, 0.05) is 15.4 Å². The Balaban J connectivity index is 2.00. The van der Waals surface area contributed by atoms with E-state index in [0.717, 1.165) is 15.8 Å². The van der Waals surface area contributed by atoms with Gasteiger partial charge in [-0.3, -0.25) is 9.59 Å². The van der Waals surface area contributed by atoms with E-state index in [9.17, 15) is 14.0 Å². The van der Waals surface area contributed by atoms with Crippen molar-refractivity contribution in [3.8, 4) is 6.07 Å². The van der Waals surface area contributed by atoms with Crippen molar-refractivity contribution >= 4 is 28.8 Å². The number of anilines is 1. The Morgan fingerprint density at radius 2 is 2.00 bits per heavy atom. The average molecular weight is 331 g/mol. The topological polar surface area (TPSA) is 82.0 Å². The molecule has 23 heavy (non-hydrogen) atoms. The maximum Gasteiger partial charge on any atom is 0.313 e. The number of benzene rings is 1. The van der Waals surface area contributed by atoms with Crippen molar-refractivity contribution < 1.29 is 14.0 Å². The van der Waals surface area contributed by atoms with Crippen LogP contribution in [0.4, 0.5) is 10.1 Å². The third-order valence-corrected chi connectivity index (χ3v) is 4.27. The zero-order valence-electron chi connectivity index (χ0n) is 12.5. The molecule has 0 radical (unpaired) electrons. The number of rotatable bonds is 3. The largest absolute Gasteiger partial charge is 0.340 e. The Kier molecular flexibility index (Phi) is 5.09. The van der Waals surface area contributed by atoms with Gasteiger partial charge in [0.15, 0.2) is 0 Å². The normalized spacial score (nSPS) is 11.4. The van der Waals surface area contributed by atoms with Gasteiger partial charge in [0.25, 0.3) is 0 Å². The predicted molar refractivity (Wildman–Crippen MR) is 85.4 cm³/mol. The molecule has 0 saturated carbocycles. The highest BCUT2D eigenvalue weighted by Gasteiger charge is 2.18. The summed E-state index contributed by atoms with van der Waals surface area (Å²) in [6.45, 7) is 3.73. The van der Waals surface area contributed by atoms with Crippen molar-refractivity contribution in [1.29, 1.82) is 5.26 Å².